The SMILES string of the molecule is CC(=O)N1CCC(N=[N+]=N)=N1. The maximum Gasteiger partial charge on any atom is 0.239 e. The summed E-state index contributed by atoms with van der Waals surface area (Å²) >= 11 is 0. The molecule has 0 fully saturated rings. The fourth-order valence-electron chi connectivity index (χ4n) is 0.801. The van der Waals surface area contributed by atoms with Crippen LogP contribution in [0.4, 0.5) is 0 Å². The molecule has 0 saturated heterocycles. The number of hydrogen-bond acceptors (Lipinski definition) is 4. The Hall–Kier alpha value is -1.55. The highest BCUT2D eigenvalue weighted by atomic mass is 16.2. The van der Waals surface area contributed by atoms with Gasteiger partial charge in [-0.2, -0.15) is 0 Å². The van der Waals surface area contributed by atoms with E-state index in [4.69, 9.17) is 5.53 Å². The molecular formula is C5H8N5O+. The zero-order chi connectivity index (χ0) is 8.27. The van der Waals surface area contributed by atoms with Gasteiger partial charge in [-0.3, -0.25) is 4.79 Å². The van der Waals surface area contributed by atoms with Crippen LogP contribution in [0.1, 0.15) is 13.3 Å². The number of amidine groups is 1. The number of nitrogens with zero attached hydrogens (tertiary/aromatic N) is 4. The monoisotopic (exact) mass is 154 g/mol. The van der Waals surface area contributed by atoms with Gasteiger partial charge in [-0.05, 0) is 0 Å². The van der Waals surface area contributed by atoms with Gasteiger partial charge in [-0.15, -0.1) is 5.10 Å². The molecule has 0 saturated carbocycles. The summed E-state index contributed by atoms with van der Waals surface area (Å²) in [6.45, 7) is 1.98. The first-order chi connectivity index (χ1) is 5.24. The first-order valence-corrected chi connectivity index (χ1v) is 3.17. The molecule has 0 aliphatic carbocycles. The predicted molar refractivity (Wildman–Crippen MR) is 36.7 cm³/mol. The minimum atomic E-state index is -0.111. The van der Waals surface area contributed by atoms with Crippen molar-refractivity contribution in [3.63, 3.8) is 0 Å². The number of carbonyl (C=O) groups excluding carboxylic acids is 1. The molecule has 58 valence electrons. The Morgan fingerprint density at radius 1 is 1.91 bits per heavy atom. The lowest BCUT2D eigenvalue weighted by Gasteiger charge is -2.04. The number of hydrazone groups is 1. The Morgan fingerprint density at radius 2 is 2.64 bits per heavy atom. The highest BCUT2D eigenvalue weighted by Crippen LogP contribution is 2.05. The van der Waals surface area contributed by atoms with Gasteiger partial charge in [0.1, 0.15) is 5.53 Å². The van der Waals surface area contributed by atoms with E-state index in [9.17, 15) is 4.79 Å². The van der Waals surface area contributed by atoms with Crippen LogP contribution in [0, 0.1) is 5.53 Å². The van der Waals surface area contributed by atoms with Crippen molar-refractivity contribution in [1.82, 2.24) is 9.92 Å². The number of rotatable bonds is 0. The summed E-state index contributed by atoms with van der Waals surface area (Å²) in [5.74, 6) is 0.329. The van der Waals surface area contributed by atoms with E-state index >= 15 is 0 Å². The smallest absolute Gasteiger partial charge is 0.239 e. The zero-order valence-electron chi connectivity index (χ0n) is 6.11. The molecule has 11 heavy (non-hydrogen) atoms. The Kier molecular flexibility index (Phi) is 2.08. The molecule has 0 atom stereocenters. The number of carbonyl (C=O) groups is 1. The molecule has 0 radical (unpaired) electrons. The summed E-state index contributed by atoms with van der Waals surface area (Å²) in [5, 5.41) is 8.51. The van der Waals surface area contributed by atoms with Gasteiger partial charge in [0.15, 0.2) is 5.11 Å². The van der Waals surface area contributed by atoms with Crippen molar-refractivity contribution >= 4 is 11.7 Å². The van der Waals surface area contributed by atoms with Crippen LogP contribution in [0.15, 0.2) is 10.2 Å². The van der Waals surface area contributed by atoms with Crippen molar-refractivity contribution in [2.24, 2.45) is 10.2 Å². The summed E-state index contributed by atoms with van der Waals surface area (Å²) in [6.07, 6.45) is 0.585. The molecule has 6 nitrogen and oxygen atoms in total. The highest BCUT2D eigenvalue weighted by Gasteiger charge is 2.19. The lowest BCUT2D eigenvalue weighted by molar-refractivity contribution is -0.128. The molecule has 0 bridgehead atoms. The van der Waals surface area contributed by atoms with Gasteiger partial charge in [-0.1, -0.05) is 0 Å². The molecule has 1 heterocycles. The molecule has 1 amide bonds. The van der Waals surface area contributed by atoms with Crippen molar-refractivity contribution in [2.75, 3.05) is 6.54 Å². The third-order valence-electron chi connectivity index (χ3n) is 1.31. The third kappa shape index (κ3) is 1.68. The van der Waals surface area contributed by atoms with E-state index in [0.29, 0.717) is 18.8 Å². The highest BCUT2D eigenvalue weighted by molar-refractivity contribution is 5.87. The number of amides is 1. The molecule has 1 rings (SSSR count). The second-order valence-corrected chi connectivity index (χ2v) is 2.11. The van der Waals surface area contributed by atoms with Crippen LogP contribution in [-0.4, -0.2) is 23.3 Å². The van der Waals surface area contributed by atoms with E-state index < -0.39 is 0 Å². The fraction of sp³-hybridized carbons (Fsp3) is 0.600. The van der Waals surface area contributed by atoms with E-state index in [1.54, 1.807) is 0 Å². The average molecular weight is 154 g/mol. The molecule has 0 spiro atoms. The average Bonchev–Trinajstić information content (AvgIpc) is 2.37. The number of hydrogen-bond donors (Lipinski definition) is 1. The van der Waals surface area contributed by atoms with Crippen LogP contribution in [0.2, 0.25) is 0 Å². The van der Waals surface area contributed by atoms with Crippen LogP contribution in [-0.2, 0) is 4.79 Å². The summed E-state index contributed by atoms with van der Waals surface area (Å²) < 4.78 is 0. The van der Waals surface area contributed by atoms with Crippen LogP contribution >= 0.6 is 0 Å². The van der Waals surface area contributed by atoms with Gasteiger partial charge in [0.25, 0.3) is 0 Å². The van der Waals surface area contributed by atoms with Crippen molar-refractivity contribution in [2.45, 2.75) is 13.3 Å². The molecule has 1 aliphatic rings. The van der Waals surface area contributed by atoms with Gasteiger partial charge in [0.05, 0.1) is 6.54 Å². The predicted octanol–water partition coefficient (Wildman–Crippen LogP) is 0.102. The van der Waals surface area contributed by atoms with E-state index in [-0.39, 0.29) is 5.91 Å². The first-order valence-electron chi connectivity index (χ1n) is 3.17. The van der Waals surface area contributed by atoms with Crippen LogP contribution in [0.25, 0.3) is 0 Å². The van der Waals surface area contributed by atoms with Gasteiger partial charge in [0.2, 0.25) is 16.7 Å². The summed E-state index contributed by atoms with van der Waals surface area (Å²) in [6, 6.07) is 0. The Bertz CT molecular complexity index is 252. The molecule has 1 N–H and O–H groups in total. The van der Waals surface area contributed by atoms with E-state index in [1.165, 1.54) is 11.9 Å². The van der Waals surface area contributed by atoms with Crippen molar-refractivity contribution in [1.29, 1.82) is 5.53 Å². The van der Waals surface area contributed by atoms with E-state index in [1.807, 2.05) is 0 Å². The van der Waals surface area contributed by atoms with Crippen LogP contribution < -0.4 is 4.91 Å². The molecule has 6 heteroatoms. The first kappa shape index (κ1) is 7.56. The molecule has 0 aromatic carbocycles. The molecule has 0 aromatic heterocycles. The molecule has 0 unspecified atom stereocenters. The van der Waals surface area contributed by atoms with Gasteiger partial charge >= 0.3 is 0 Å². The lowest BCUT2D eigenvalue weighted by Crippen LogP contribution is -2.19. The van der Waals surface area contributed by atoms with Gasteiger partial charge < -0.3 is 0 Å². The topological polar surface area (TPSA) is 83.0 Å². The zero-order valence-corrected chi connectivity index (χ0v) is 6.11. The molecular weight excluding hydrogens is 146 g/mol. The van der Waals surface area contributed by atoms with E-state index in [2.05, 4.69) is 15.1 Å². The standard InChI is InChI=1S/C5H8N5O/c1-4(11)10-3-2-5(8-10)7-9-6/h6H,2-3H2,1H3/q+1. The van der Waals surface area contributed by atoms with Crippen molar-refractivity contribution in [3.8, 4) is 0 Å². The van der Waals surface area contributed by atoms with Crippen molar-refractivity contribution in [3.05, 3.63) is 0 Å². The second kappa shape index (κ2) is 3.03. The Balaban J connectivity index is 2.68. The third-order valence-corrected chi connectivity index (χ3v) is 1.31. The van der Waals surface area contributed by atoms with E-state index in [0.717, 1.165) is 0 Å². The number of nitrogens with one attached hydrogen (secondary N) is 1. The largest absolute Gasteiger partial charge is 0.273 e. The van der Waals surface area contributed by atoms with Crippen molar-refractivity contribution < 1.29 is 4.79 Å². The van der Waals surface area contributed by atoms with Crippen LogP contribution in [0.3, 0.4) is 0 Å². The van der Waals surface area contributed by atoms with Crippen LogP contribution in [0.5, 0.6) is 0 Å². The fourth-order valence-corrected chi connectivity index (χ4v) is 0.801. The quantitative estimate of drug-likeness (QED) is 0.389. The minimum absolute atomic E-state index is 0.111. The molecule has 1 aliphatic heterocycles. The lowest BCUT2D eigenvalue weighted by atomic mass is 10.4. The Morgan fingerprint density at radius 3 is 3.09 bits per heavy atom. The summed E-state index contributed by atoms with van der Waals surface area (Å²) in [4.78, 5) is 13.5. The summed E-state index contributed by atoms with van der Waals surface area (Å²) in [7, 11) is 0. The second-order valence-electron chi connectivity index (χ2n) is 2.11. The Labute approximate surface area is 63.1 Å². The molecule has 0 aromatic rings. The van der Waals surface area contributed by atoms with Gasteiger partial charge in [-0.25, -0.2) is 5.01 Å². The van der Waals surface area contributed by atoms with Gasteiger partial charge in [0, 0.05) is 13.3 Å². The maximum atomic E-state index is 10.7. The normalized spacial score (nSPS) is 15.7. The summed E-state index contributed by atoms with van der Waals surface area (Å²) in [5.41, 5.74) is 6.41. The minimum Gasteiger partial charge on any atom is -0.273 e. The maximum absolute atomic E-state index is 10.7.